The summed E-state index contributed by atoms with van der Waals surface area (Å²) >= 11 is 0. The second-order valence-corrected chi connectivity index (χ2v) is 10.0. The lowest BCUT2D eigenvalue weighted by molar-refractivity contribution is -0.00219. The minimum absolute atomic E-state index is 0.108. The minimum atomic E-state index is -0.825. The van der Waals surface area contributed by atoms with Gasteiger partial charge in [0.2, 0.25) is 0 Å². The molecule has 3 nitrogen and oxygen atoms in total. The predicted octanol–water partition coefficient (Wildman–Crippen LogP) is 7.95. The summed E-state index contributed by atoms with van der Waals surface area (Å²) in [5.41, 5.74) is 1.66. The summed E-state index contributed by atoms with van der Waals surface area (Å²) in [5, 5.41) is 0. The van der Waals surface area contributed by atoms with Gasteiger partial charge >= 0.3 is 0 Å². The zero-order valence-corrected chi connectivity index (χ0v) is 20.2. The standard InChI is InChI=1S/C28H38F2N2O/c1-3-5-6-7-23-13-12-21(18-33-23)22-16-31-28(32-17-22)25-15-14-24(26(29)27(25)30)20-10-8-19(4-2)9-11-20/h14-17,19-21,23H,3-13,18H2,1-2H3. The van der Waals surface area contributed by atoms with Gasteiger partial charge in [-0.05, 0) is 74.0 Å². The summed E-state index contributed by atoms with van der Waals surface area (Å²) in [6.07, 6.45) is 16.1. The number of ether oxygens (including phenoxy) is 1. The first-order valence-corrected chi connectivity index (χ1v) is 13.0. The van der Waals surface area contributed by atoms with Crippen molar-refractivity contribution in [3.63, 3.8) is 0 Å². The van der Waals surface area contributed by atoms with Crippen LogP contribution in [0.15, 0.2) is 24.5 Å². The van der Waals surface area contributed by atoms with Gasteiger partial charge in [-0.1, -0.05) is 45.6 Å². The third-order valence-electron chi connectivity index (χ3n) is 7.86. The van der Waals surface area contributed by atoms with E-state index in [1.54, 1.807) is 24.5 Å². The third kappa shape index (κ3) is 5.79. The van der Waals surface area contributed by atoms with E-state index in [-0.39, 0.29) is 23.2 Å². The van der Waals surface area contributed by atoms with E-state index in [0.29, 0.717) is 18.3 Å². The zero-order valence-electron chi connectivity index (χ0n) is 20.2. The molecule has 1 saturated carbocycles. The van der Waals surface area contributed by atoms with E-state index in [1.165, 1.54) is 25.7 Å². The summed E-state index contributed by atoms with van der Waals surface area (Å²) in [7, 11) is 0. The Bertz CT molecular complexity index is 886. The summed E-state index contributed by atoms with van der Waals surface area (Å²) in [6.45, 7) is 5.10. The number of halogens is 2. The maximum Gasteiger partial charge on any atom is 0.170 e. The van der Waals surface area contributed by atoms with E-state index >= 15 is 0 Å². The van der Waals surface area contributed by atoms with Gasteiger partial charge in [0.15, 0.2) is 17.5 Å². The van der Waals surface area contributed by atoms with E-state index in [0.717, 1.165) is 56.4 Å². The molecule has 0 amide bonds. The maximum atomic E-state index is 15.0. The number of aromatic nitrogens is 2. The molecule has 2 atom stereocenters. The van der Waals surface area contributed by atoms with Gasteiger partial charge in [0.1, 0.15) is 0 Å². The van der Waals surface area contributed by atoms with Crippen molar-refractivity contribution in [3.8, 4) is 11.4 Å². The molecule has 1 aromatic heterocycles. The van der Waals surface area contributed by atoms with Gasteiger partial charge in [-0.2, -0.15) is 0 Å². The second kappa shape index (κ2) is 11.5. The lowest BCUT2D eigenvalue weighted by Gasteiger charge is -2.29. The first kappa shape index (κ1) is 24.3. The SMILES string of the molecule is CCCCCC1CCC(c2cnc(-c3ccc(C4CCC(CC)CC4)c(F)c3F)nc2)CO1. The number of benzene rings is 1. The van der Waals surface area contributed by atoms with Crippen LogP contribution in [-0.2, 0) is 4.74 Å². The third-order valence-corrected chi connectivity index (χ3v) is 7.86. The molecule has 2 aliphatic rings. The van der Waals surface area contributed by atoms with Gasteiger partial charge in [0, 0.05) is 18.3 Å². The average Bonchev–Trinajstić information content (AvgIpc) is 2.86. The Hall–Kier alpha value is -1.88. The van der Waals surface area contributed by atoms with Crippen LogP contribution in [0.1, 0.15) is 107 Å². The van der Waals surface area contributed by atoms with Crippen molar-refractivity contribution in [2.45, 2.75) is 102 Å². The number of hydrogen-bond donors (Lipinski definition) is 0. The summed E-state index contributed by atoms with van der Waals surface area (Å²) < 4.78 is 36.0. The van der Waals surface area contributed by atoms with Crippen LogP contribution in [0.2, 0.25) is 0 Å². The van der Waals surface area contributed by atoms with Gasteiger partial charge in [0.05, 0.1) is 18.3 Å². The molecular weight excluding hydrogens is 418 g/mol. The van der Waals surface area contributed by atoms with Gasteiger partial charge in [-0.3, -0.25) is 0 Å². The van der Waals surface area contributed by atoms with Crippen molar-refractivity contribution in [1.82, 2.24) is 9.97 Å². The molecule has 0 spiro atoms. The fourth-order valence-electron chi connectivity index (χ4n) is 5.54. The highest BCUT2D eigenvalue weighted by atomic mass is 19.2. The largest absolute Gasteiger partial charge is 0.378 e. The van der Waals surface area contributed by atoms with Crippen LogP contribution in [-0.4, -0.2) is 22.7 Å². The normalized spacial score (nSPS) is 25.8. The predicted molar refractivity (Wildman–Crippen MR) is 128 cm³/mol. The van der Waals surface area contributed by atoms with Crippen LogP contribution in [0.3, 0.4) is 0 Å². The fourth-order valence-corrected chi connectivity index (χ4v) is 5.54. The van der Waals surface area contributed by atoms with Crippen LogP contribution in [0, 0.1) is 17.6 Å². The molecular formula is C28H38F2N2O. The quantitative estimate of drug-likeness (QED) is 0.378. The van der Waals surface area contributed by atoms with Crippen molar-refractivity contribution in [1.29, 1.82) is 0 Å². The lowest BCUT2D eigenvalue weighted by Crippen LogP contribution is -2.25. The maximum absolute atomic E-state index is 15.0. The number of unbranched alkanes of at least 4 members (excludes halogenated alkanes) is 2. The summed E-state index contributed by atoms with van der Waals surface area (Å²) in [5.74, 6) is -0.212. The summed E-state index contributed by atoms with van der Waals surface area (Å²) in [6, 6.07) is 3.40. The van der Waals surface area contributed by atoms with Crippen molar-refractivity contribution >= 4 is 0 Å². The topological polar surface area (TPSA) is 35.0 Å². The average molecular weight is 457 g/mol. The molecule has 2 fully saturated rings. The van der Waals surface area contributed by atoms with Crippen molar-refractivity contribution in [3.05, 3.63) is 47.3 Å². The Balaban J connectivity index is 1.39. The van der Waals surface area contributed by atoms with E-state index in [2.05, 4.69) is 23.8 Å². The number of rotatable bonds is 8. The van der Waals surface area contributed by atoms with Crippen molar-refractivity contribution in [2.75, 3.05) is 6.61 Å². The van der Waals surface area contributed by atoms with Gasteiger partial charge in [0.25, 0.3) is 0 Å². The van der Waals surface area contributed by atoms with E-state index in [1.807, 2.05) is 0 Å². The molecule has 1 aliphatic heterocycles. The molecule has 33 heavy (non-hydrogen) atoms. The Kier molecular flexibility index (Phi) is 8.45. The smallest absolute Gasteiger partial charge is 0.170 e. The molecule has 0 bridgehead atoms. The van der Waals surface area contributed by atoms with Crippen LogP contribution >= 0.6 is 0 Å². The first-order valence-electron chi connectivity index (χ1n) is 13.0. The Morgan fingerprint density at radius 2 is 1.61 bits per heavy atom. The number of hydrogen-bond acceptors (Lipinski definition) is 3. The molecule has 1 saturated heterocycles. The number of nitrogens with zero attached hydrogens (tertiary/aromatic N) is 2. The van der Waals surface area contributed by atoms with Gasteiger partial charge in [-0.25, -0.2) is 18.7 Å². The molecule has 1 aliphatic carbocycles. The van der Waals surface area contributed by atoms with E-state index < -0.39 is 11.6 Å². The van der Waals surface area contributed by atoms with Crippen LogP contribution in [0.5, 0.6) is 0 Å². The lowest BCUT2D eigenvalue weighted by atomic mass is 9.77. The molecule has 1 aromatic carbocycles. The highest BCUT2D eigenvalue weighted by Gasteiger charge is 2.27. The Morgan fingerprint density at radius 3 is 2.24 bits per heavy atom. The molecule has 2 heterocycles. The molecule has 180 valence electrons. The van der Waals surface area contributed by atoms with Gasteiger partial charge in [-0.15, -0.1) is 0 Å². The molecule has 0 N–H and O–H groups in total. The van der Waals surface area contributed by atoms with Crippen LogP contribution in [0.25, 0.3) is 11.4 Å². The highest BCUT2D eigenvalue weighted by molar-refractivity contribution is 5.57. The first-order chi connectivity index (χ1) is 16.1. The van der Waals surface area contributed by atoms with Gasteiger partial charge < -0.3 is 4.74 Å². The van der Waals surface area contributed by atoms with Crippen LogP contribution < -0.4 is 0 Å². The Morgan fingerprint density at radius 1 is 0.879 bits per heavy atom. The molecule has 4 rings (SSSR count). The molecule has 2 unspecified atom stereocenters. The van der Waals surface area contributed by atoms with E-state index in [4.69, 9.17) is 4.74 Å². The van der Waals surface area contributed by atoms with E-state index in [9.17, 15) is 8.78 Å². The second-order valence-electron chi connectivity index (χ2n) is 10.0. The summed E-state index contributed by atoms with van der Waals surface area (Å²) in [4.78, 5) is 8.79. The molecule has 0 radical (unpaired) electrons. The fraction of sp³-hybridized carbons (Fsp3) is 0.643. The minimum Gasteiger partial charge on any atom is -0.378 e. The van der Waals surface area contributed by atoms with Crippen molar-refractivity contribution < 1.29 is 13.5 Å². The van der Waals surface area contributed by atoms with Crippen LogP contribution in [0.4, 0.5) is 8.78 Å². The molecule has 2 aromatic rings. The molecule has 5 heteroatoms. The Labute approximate surface area is 197 Å². The van der Waals surface area contributed by atoms with Crippen molar-refractivity contribution in [2.24, 2.45) is 5.92 Å². The highest BCUT2D eigenvalue weighted by Crippen LogP contribution is 2.39. The monoisotopic (exact) mass is 456 g/mol. The zero-order chi connectivity index (χ0) is 23.2.